The van der Waals surface area contributed by atoms with E-state index in [9.17, 15) is 0 Å². The zero-order valence-corrected chi connectivity index (χ0v) is 9.99. The standard InChI is InChI=1S/C11H13N3O.ClH/c1-11(2,12)10-13-9(14-15-10)8-6-4-3-5-7-8;/h3-7H,12H2,1-2H3;1H. The summed E-state index contributed by atoms with van der Waals surface area (Å²) in [7, 11) is 0. The maximum atomic E-state index is 5.85. The number of nitrogens with two attached hydrogens (primary N) is 1. The number of rotatable bonds is 2. The Bertz CT molecular complexity index is 448. The Morgan fingerprint density at radius 3 is 2.31 bits per heavy atom. The van der Waals surface area contributed by atoms with Crippen LogP contribution < -0.4 is 5.73 Å². The van der Waals surface area contributed by atoms with Gasteiger partial charge in [0.1, 0.15) is 0 Å². The lowest BCUT2D eigenvalue weighted by atomic mass is 10.1. The molecule has 1 aromatic carbocycles. The molecule has 16 heavy (non-hydrogen) atoms. The average Bonchev–Trinajstić information content (AvgIpc) is 2.67. The van der Waals surface area contributed by atoms with Gasteiger partial charge in [0.05, 0.1) is 5.54 Å². The molecule has 2 aromatic rings. The molecule has 0 amide bonds. The highest BCUT2D eigenvalue weighted by molar-refractivity contribution is 5.85. The van der Waals surface area contributed by atoms with Crippen molar-refractivity contribution in [2.45, 2.75) is 19.4 Å². The topological polar surface area (TPSA) is 64.9 Å². The molecule has 1 aromatic heterocycles. The van der Waals surface area contributed by atoms with E-state index in [0.29, 0.717) is 11.7 Å². The van der Waals surface area contributed by atoms with E-state index >= 15 is 0 Å². The van der Waals surface area contributed by atoms with E-state index in [2.05, 4.69) is 10.1 Å². The van der Waals surface area contributed by atoms with Gasteiger partial charge in [-0.05, 0) is 13.8 Å². The van der Waals surface area contributed by atoms with Crippen LogP contribution in [0.15, 0.2) is 34.9 Å². The Labute approximate surface area is 100 Å². The predicted octanol–water partition coefficient (Wildman–Crippen LogP) is 2.35. The molecule has 0 atom stereocenters. The quantitative estimate of drug-likeness (QED) is 0.874. The molecule has 0 aliphatic rings. The molecule has 0 radical (unpaired) electrons. The van der Waals surface area contributed by atoms with Crippen LogP contribution in [0.2, 0.25) is 0 Å². The molecule has 0 aliphatic carbocycles. The van der Waals surface area contributed by atoms with Crippen molar-refractivity contribution >= 4 is 12.4 Å². The zero-order chi connectivity index (χ0) is 10.9. The number of hydrogen-bond donors (Lipinski definition) is 1. The fourth-order valence-electron chi connectivity index (χ4n) is 1.19. The summed E-state index contributed by atoms with van der Waals surface area (Å²) in [4.78, 5) is 4.25. The van der Waals surface area contributed by atoms with Gasteiger partial charge in [-0.1, -0.05) is 35.5 Å². The van der Waals surface area contributed by atoms with Gasteiger partial charge in [-0.25, -0.2) is 0 Å². The van der Waals surface area contributed by atoms with Crippen LogP contribution in [0.4, 0.5) is 0 Å². The number of benzene rings is 1. The van der Waals surface area contributed by atoms with Crippen molar-refractivity contribution in [3.05, 3.63) is 36.2 Å². The van der Waals surface area contributed by atoms with Crippen molar-refractivity contribution < 1.29 is 4.52 Å². The maximum absolute atomic E-state index is 5.85. The third-order valence-electron chi connectivity index (χ3n) is 2.01. The van der Waals surface area contributed by atoms with E-state index < -0.39 is 5.54 Å². The second kappa shape index (κ2) is 4.63. The van der Waals surface area contributed by atoms with Gasteiger partial charge in [0.2, 0.25) is 11.7 Å². The Morgan fingerprint density at radius 1 is 1.19 bits per heavy atom. The molecule has 0 saturated carbocycles. The first-order chi connectivity index (χ1) is 7.07. The molecule has 0 saturated heterocycles. The summed E-state index contributed by atoms with van der Waals surface area (Å²) < 4.78 is 5.10. The largest absolute Gasteiger partial charge is 0.337 e. The molecular weight excluding hydrogens is 226 g/mol. The number of halogens is 1. The van der Waals surface area contributed by atoms with Crippen LogP contribution in [-0.2, 0) is 5.54 Å². The van der Waals surface area contributed by atoms with E-state index in [1.165, 1.54) is 0 Å². The molecule has 0 fully saturated rings. The fraction of sp³-hybridized carbons (Fsp3) is 0.273. The molecule has 0 bridgehead atoms. The predicted molar refractivity (Wildman–Crippen MR) is 64.2 cm³/mol. The molecule has 0 unspecified atom stereocenters. The van der Waals surface area contributed by atoms with Crippen molar-refractivity contribution in [1.29, 1.82) is 0 Å². The first kappa shape index (κ1) is 12.7. The van der Waals surface area contributed by atoms with Crippen LogP contribution in [0.1, 0.15) is 19.7 Å². The first-order valence-electron chi connectivity index (χ1n) is 4.76. The van der Waals surface area contributed by atoms with Crippen molar-refractivity contribution in [1.82, 2.24) is 10.1 Å². The van der Waals surface area contributed by atoms with Gasteiger partial charge in [-0.15, -0.1) is 12.4 Å². The molecule has 4 nitrogen and oxygen atoms in total. The number of hydrogen-bond acceptors (Lipinski definition) is 4. The lowest BCUT2D eigenvalue weighted by Gasteiger charge is -2.10. The van der Waals surface area contributed by atoms with Crippen molar-refractivity contribution in [3.63, 3.8) is 0 Å². The lowest BCUT2D eigenvalue weighted by molar-refractivity contribution is 0.312. The minimum absolute atomic E-state index is 0. The van der Waals surface area contributed by atoms with Crippen molar-refractivity contribution in [3.8, 4) is 11.4 Å². The monoisotopic (exact) mass is 239 g/mol. The molecule has 1 heterocycles. The van der Waals surface area contributed by atoms with Gasteiger partial charge in [0, 0.05) is 5.56 Å². The highest BCUT2D eigenvalue weighted by Gasteiger charge is 2.22. The van der Waals surface area contributed by atoms with Crippen LogP contribution in [0.5, 0.6) is 0 Å². The molecular formula is C11H14ClN3O. The Morgan fingerprint density at radius 2 is 1.81 bits per heavy atom. The van der Waals surface area contributed by atoms with E-state index in [1.54, 1.807) is 0 Å². The van der Waals surface area contributed by atoms with Gasteiger partial charge in [-0.3, -0.25) is 0 Å². The smallest absolute Gasteiger partial charge is 0.246 e. The molecule has 0 spiro atoms. The van der Waals surface area contributed by atoms with E-state index in [-0.39, 0.29) is 12.4 Å². The van der Waals surface area contributed by atoms with Crippen LogP contribution >= 0.6 is 12.4 Å². The molecule has 2 N–H and O–H groups in total. The Kier molecular flexibility index (Phi) is 3.67. The normalized spacial score (nSPS) is 10.9. The average molecular weight is 240 g/mol. The van der Waals surface area contributed by atoms with Crippen LogP contribution in [0.3, 0.4) is 0 Å². The van der Waals surface area contributed by atoms with Crippen LogP contribution in [-0.4, -0.2) is 10.1 Å². The summed E-state index contributed by atoms with van der Waals surface area (Å²) in [6, 6.07) is 9.66. The van der Waals surface area contributed by atoms with E-state index in [4.69, 9.17) is 10.3 Å². The second-order valence-corrected chi connectivity index (χ2v) is 4.01. The summed E-state index contributed by atoms with van der Waals surface area (Å²) in [6.45, 7) is 3.66. The maximum Gasteiger partial charge on any atom is 0.246 e. The van der Waals surface area contributed by atoms with Gasteiger partial charge in [-0.2, -0.15) is 4.98 Å². The van der Waals surface area contributed by atoms with E-state index in [0.717, 1.165) is 5.56 Å². The fourth-order valence-corrected chi connectivity index (χ4v) is 1.19. The van der Waals surface area contributed by atoms with Crippen LogP contribution in [0, 0.1) is 0 Å². The first-order valence-corrected chi connectivity index (χ1v) is 4.76. The highest BCUT2D eigenvalue weighted by atomic mass is 35.5. The SMILES string of the molecule is CC(C)(N)c1nc(-c2ccccc2)no1.Cl. The lowest BCUT2D eigenvalue weighted by Crippen LogP contribution is -2.28. The zero-order valence-electron chi connectivity index (χ0n) is 9.18. The van der Waals surface area contributed by atoms with Gasteiger partial charge in [0.25, 0.3) is 0 Å². The van der Waals surface area contributed by atoms with Crippen molar-refractivity contribution in [2.75, 3.05) is 0 Å². The number of nitrogens with zero attached hydrogens (tertiary/aromatic N) is 2. The second-order valence-electron chi connectivity index (χ2n) is 4.01. The minimum atomic E-state index is -0.597. The van der Waals surface area contributed by atoms with Crippen LogP contribution in [0.25, 0.3) is 11.4 Å². The summed E-state index contributed by atoms with van der Waals surface area (Å²) >= 11 is 0. The molecule has 2 rings (SSSR count). The Balaban J connectivity index is 0.00000128. The molecule has 5 heteroatoms. The summed E-state index contributed by atoms with van der Waals surface area (Å²) in [5.41, 5.74) is 6.18. The van der Waals surface area contributed by atoms with Gasteiger partial charge >= 0.3 is 0 Å². The molecule has 0 aliphatic heterocycles. The highest BCUT2D eigenvalue weighted by Crippen LogP contribution is 2.19. The summed E-state index contributed by atoms with van der Waals surface area (Å²) in [5.74, 6) is 1.02. The van der Waals surface area contributed by atoms with Gasteiger partial charge < -0.3 is 10.3 Å². The number of aromatic nitrogens is 2. The third-order valence-corrected chi connectivity index (χ3v) is 2.01. The Hall–Kier alpha value is -1.39. The summed E-state index contributed by atoms with van der Waals surface area (Å²) in [6.07, 6.45) is 0. The minimum Gasteiger partial charge on any atom is -0.337 e. The third kappa shape index (κ3) is 2.59. The van der Waals surface area contributed by atoms with Crippen molar-refractivity contribution in [2.24, 2.45) is 5.73 Å². The summed E-state index contributed by atoms with van der Waals surface area (Å²) in [5, 5.41) is 3.89. The van der Waals surface area contributed by atoms with Gasteiger partial charge in [0.15, 0.2) is 0 Å². The van der Waals surface area contributed by atoms with E-state index in [1.807, 2.05) is 44.2 Å². The molecule has 86 valence electrons.